The smallest absolute Gasteiger partial charge is 0.246 e. The number of ether oxygens (including phenoxy) is 2. The number of benzene rings is 2. The Morgan fingerprint density at radius 2 is 1.77 bits per heavy atom. The van der Waals surface area contributed by atoms with Crippen LogP contribution in [0.2, 0.25) is 0 Å². The van der Waals surface area contributed by atoms with Gasteiger partial charge in [0, 0.05) is 18.3 Å². The maximum atomic E-state index is 14.1. The Morgan fingerprint density at radius 1 is 1.02 bits per heavy atom. The molecule has 2 aromatic rings. The van der Waals surface area contributed by atoms with Crippen LogP contribution in [0.5, 0.6) is 5.75 Å². The highest BCUT2D eigenvalue weighted by Crippen LogP contribution is 2.55. The van der Waals surface area contributed by atoms with Gasteiger partial charge in [-0.25, -0.2) is 0 Å². The van der Waals surface area contributed by atoms with Crippen LogP contribution in [0.25, 0.3) is 0 Å². The zero-order valence-corrected chi connectivity index (χ0v) is 22.9. The Labute approximate surface area is 235 Å². The van der Waals surface area contributed by atoms with Crippen LogP contribution in [0.4, 0.5) is 5.69 Å². The zero-order valence-electron chi connectivity index (χ0n) is 22.9. The molecule has 2 aromatic carbocycles. The molecule has 40 heavy (non-hydrogen) atoms. The van der Waals surface area contributed by atoms with Gasteiger partial charge in [-0.1, -0.05) is 61.7 Å². The van der Waals surface area contributed by atoms with Gasteiger partial charge in [-0.3, -0.25) is 14.4 Å². The van der Waals surface area contributed by atoms with Crippen molar-refractivity contribution in [3.05, 3.63) is 72.3 Å². The fourth-order valence-electron chi connectivity index (χ4n) is 6.96. The predicted molar refractivity (Wildman–Crippen MR) is 151 cm³/mol. The Kier molecular flexibility index (Phi) is 7.36. The average Bonchev–Trinajstić information content (AvgIpc) is 3.61. The lowest BCUT2D eigenvalue weighted by Crippen LogP contribution is -2.56. The number of nitrogens with one attached hydrogen (secondary N) is 2. The molecule has 8 nitrogen and oxygen atoms in total. The van der Waals surface area contributed by atoms with Gasteiger partial charge in [-0.2, -0.15) is 0 Å². The number of rotatable bonds is 9. The molecule has 1 saturated carbocycles. The monoisotopic (exact) mass is 543 g/mol. The van der Waals surface area contributed by atoms with Crippen molar-refractivity contribution in [3.8, 4) is 5.75 Å². The first kappa shape index (κ1) is 26.6. The van der Waals surface area contributed by atoms with Crippen molar-refractivity contribution in [2.75, 3.05) is 18.5 Å². The van der Waals surface area contributed by atoms with Crippen molar-refractivity contribution in [3.63, 3.8) is 0 Å². The van der Waals surface area contributed by atoms with Gasteiger partial charge in [0.1, 0.15) is 17.4 Å². The second kappa shape index (κ2) is 11.1. The number of carbonyl (C=O) groups excluding carboxylic acids is 3. The first-order valence-corrected chi connectivity index (χ1v) is 14.6. The van der Waals surface area contributed by atoms with Gasteiger partial charge >= 0.3 is 0 Å². The highest BCUT2D eigenvalue weighted by molar-refractivity contribution is 6.02. The Morgan fingerprint density at radius 3 is 2.50 bits per heavy atom. The van der Waals surface area contributed by atoms with E-state index in [2.05, 4.69) is 10.6 Å². The molecule has 3 fully saturated rings. The summed E-state index contributed by atoms with van der Waals surface area (Å²) >= 11 is 0. The maximum absolute atomic E-state index is 14.1. The summed E-state index contributed by atoms with van der Waals surface area (Å²) in [6, 6.07) is 16.4. The summed E-state index contributed by atoms with van der Waals surface area (Å²) in [6.45, 7) is 2.85. The number of likely N-dealkylation sites (tertiary alicyclic amines) is 1. The molecule has 3 aliphatic heterocycles. The standard InChI is InChI=1S/C32H37N3O5/c1-2-39-24-15-13-23(14-16-24)33-29(36)26-25-17-19-32(40-25)27(26)31(38)35(20-18-21-9-5-3-6-10-21)28(32)30(37)34-22-11-7-4-8-12-22/h3,5-6,9-10,13-17,19,22,25-28H,2,4,7-8,11-12,18,20H2,1H3,(H,33,36)(H,34,37)/t25-,26?,27-,28?,32+/m1/s1. The Hall–Kier alpha value is -3.65. The van der Waals surface area contributed by atoms with E-state index < -0.39 is 29.6 Å². The molecule has 2 unspecified atom stereocenters. The molecule has 2 bridgehead atoms. The van der Waals surface area contributed by atoms with E-state index in [1.165, 1.54) is 6.42 Å². The summed E-state index contributed by atoms with van der Waals surface area (Å²) in [4.78, 5) is 43.4. The van der Waals surface area contributed by atoms with E-state index in [0.29, 0.717) is 25.3 Å². The quantitative estimate of drug-likeness (QED) is 0.468. The van der Waals surface area contributed by atoms with Crippen molar-refractivity contribution in [2.45, 2.75) is 69.2 Å². The SMILES string of the molecule is CCOc1ccc(NC(=O)C2[C@H]3C=C[C@@]4(O3)C(C(=O)NC3CCCCC3)N(CCc3ccccc3)C(=O)[C@@H]24)cc1. The topological polar surface area (TPSA) is 97.0 Å². The molecule has 5 atom stereocenters. The third kappa shape index (κ3) is 4.79. The van der Waals surface area contributed by atoms with Crippen LogP contribution in [0.3, 0.4) is 0 Å². The largest absolute Gasteiger partial charge is 0.494 e. The molecule has 2 N–H and O–H groups in total. The molecule has 4 aliphatic rings. The molecular formula is C32H37N3O5. The van der Waals surface area contributed by atoms with E-state index in [4.69, 9.17) is 9.47 Å². The van der Waals surface area contributed by atoms with E-state index in [-0.39, 0.29) is 23.8 Å². The predicted octanol–water partition coefficient (Wildman–Crippen LogP) is 3.87. The fourth-order valence-corrected chi connectivity index (χ4v) is 6.96. The first-order valence-electron chi connectivity index (χ1n) is 14.6. The average molecular weight is 544 g/mol. The molecule has 6 rings (SSSR count). The molecule has 0 aromatic heterocycles. The third-order valence-electron chi connectivity index (χ3n) is 8.79. The van der Waals surface area contributed by atoms with Crippen molar-refractivity contribution >= 4 is 23.4 Å². The first-order chi connectivity index (χ1) is 19.5. The summed E-state index contributed by atoms with van der Waals surface area (Å²) in [5.74, 6) is -1.43. The highest BCUT2D eigenvalue weighted by Gasteiger charge is 2.72. The van der Waals surface area contributed by atoms with Gasteiger partial charge in [0.25, 0.3) is 0 Å². The molecule has 8 heteroatoms. The normalized spacial score (nSPS) is 28.9. The van der Waals surface area contributed by atoms with Crippen molar-refractivity contribution in [1.82, 2.24) is 10.2 Å². The zero-order chi connectivity index (χ0) is 27.7. The van der Waals surface area contributed by atoms with E-state index >= 15 is 0 Å². The van der Waals surface area contributed by atoms with Crippen molar-refractivity contribution < 1.29 is 23.9 Å². The van der Waals surface area contributed by atoms with Crippen LogP contribution >= 0.6 is 0 Å². The van der Waals surface area contributed by atoms with E-state index in [9.17, 15) is 14.4 Å². The van der Waals surface area contributed by atoms with Gasteiger partial charge in [0.15, 0.2) is 0 Å². The van der Waals surface area contributed by atoms with Gasteiger partial charge in [0.05, 0.1) is 24.5 Å². The molecule has 2 saturated heterocycles. The van der Waals surface area contributed by atoms with Crippen LogP contribution in [-0.2, 0) is 25.5 Å². The van der Waals surface area contributed by atoms with Crippen LogP contribution in [0.15, 0.2) is 66.7 Å². The molecule has 0 radical (unpaired) electrons. The number of hydrogen-bond donors (Lipinski definition) is 2. The van der Waals surface area contributed by atoms with Crippen molar-refractivity contribution in [1.29, 1.82) is 0 Å². The highest BCUT2D eigenvalue weighted by atomic mass is 16.5. The van der Waals surface area contributed by atoms with Crippen LogP contribution in [0.1, 0.15) is 44.6 Å². The number of anilines is 1. The van der Waals surface area contributed by atoms with E-state index in [1.807, 2.05) is 49.4 Å². The molecule has 1 aliphatic carbocycles. The lowest BCUT2D eigenvalue weighted by Gasteiger charge is -2.34. The van der Waals surface area contributed by atoms with Crippen LogP contribution in [-0.4, -0.2) is 59.6 Å². The maximum Gasteiger partial charge on any atom is 0.246 e. The van der Waals surface area contributed by atoms with Crippen LogP contribution < -0.4 is 15.4 Å². The van der Waals surface area contributed by atoms with Gasteiger partial charge in [-0.15, -0.1) is 0 Å². The van der Waals surface area contributed by atoms with Gasteiger partial charge in [0.2, 0.25) is 17.7 Å². The third-order valence-corrected chi connectivity index (χ3v) is 8.79. The second-order valence-corrected chi connectivity index (χ2v) is 11.3. The lowest BCUT2D eigenvalue weighted by molar-refractivity contribution is -0.141. The molecule has 3 heterocycles. The number of carbonyl (C=O) groups is 3. The minimum absolute atomic E-state index is 0.101. The number of fused-ring (bicyclic) bond motifs is 1. The Balaban J connectivity index is 1.26. The summed E-state index contributed by atoms with van der Waals surface area (Å²) in [7, 11) is 0. The lowest BCUT2D eigenvalue weighted by atomic mass is 9.74. The van der Waals surface area contributed by atoms with Gasteiger partial charge < -0.3 is 25.0 Å². The molecule has 1 spiro atoms. The minimum atomic E-state index is -1.15. The second-order valence-electron chi connectivity index (χ2n) is 11.3. The molecule has 3 amide bonds. The van der Waals surface area contributed by atoms with Crippen molar-refractivity contribution in [2.24, 2.45) is 11.8 Å². The number of nitrogens with zero attached hydrogens (tertiary/aromatic N) is 1. The summed E-state index contributed by atoms with van der Waals surface area (Å²) in [5.41, 5.74) is 0.548. The summed E-state index contributed by atoms with van der Waals surface area (Å²) in [6.07, 6.45) is 9.03. The summed E-state index contributed by atoms with van der Waals surface area (Å²) in [5, 5.41) is 6.21. The number of amides is 3. The Bertz CT molecular complexity index is 1270. The van der Waals surface area contributed by atoms with Gasteiger partial charge in [-0.05, 0) is 56.0 Å². The fraction of sp³-hybridized carbons (Fsp3) is 0.469. The van der Waals surface area contributed by atoms with E-state index in [0.717, 1.165) is 37.0 Å². The number of hydrogen-bond acceptors (Lipinski definition) is 5. The van der Waals surface area contributed by atoms with E-state index in [1.54, 1.807) is 29.2 Å². The molecular weight excluding hydrogens is 506 g/mol. The minimum Gasteiger partial charge on any atom is -0.494 e. The molecule has 210 valence electrons. The summed E-state index contributed by atoms with van der Waals surface area (Å²) < 4.78 is 12.0. The van der Waals surface area contributed by atoms with Crippen LogP contribution in [0, 0.1) is 11.8 Å².